The van der Waals surface area contributed by atoms with Crippen molar-refractivity contribution in [3.05, 3.63) is 22.4 Å². The molecule has 0 spiro atoms. The molecule has 0 radical (unpaired) electrons. The van der Waals surface area contributed by atoms with E-state index in [0.717, 1.165) is 6.42 Å². The van der Waals surface area contributed by atoms with Crippen LogP contribution in [0.4, 0.5) is 0 Å². The van der Waals surface area contributed by atoms with E-state index in [1.54, 1.807) is 11.3 Å². The summed E-state index contributed by atoms with van der Waals surface area (Å²) in [6, 6.07) is 3.57. The van der Waals surface area contributed by atoms with E-state index in [1.807, 2.05) is 18.4 Å². The van der Waals surface area contributed by atoms with Crippen LogP contribution in [0.2, 0.25) is 0 Å². The van der Waals surface area contributed by atoms with Crippen molar-refractivity contribution in [1.29, 1.82) is 0 Å². The lowest BCUT2D eigenvalue weighted by molar-refractivity contribution is -0.124. The first kappa shape index (κ1) is 16.4. The first-order chi connectivity index (χ1) is 7.63. The molecule has 0 aliphatic heterocycles. The Morgan fingerprint density at radius 1 is 1.65 bits per heavy atom. The van der Waals surface area contributed by atoms with Crippen molar-refractivity contribution < 1.29 is 9.53 Å². The van der Waals surface area contributed by atoms with E-state index in [0.29, 0.717) is 0 Å². The van der Waals surface area contributed by atoms with Crippen LogP contribution in [0, 0.1) is 0 Å². The molecule has 1 aromatic rings. The summed E-state index contributed by atoms with van der Waals surface area (Å²) in [5.74, 6) is -0.161. The molecule has 3 N–H and O–H groups in total. The lowest BCUT2D eigenvalue weighted by atomic mass is 10.2. The zero-order chi connectivity index (χ0) is 12.0. The molecular formula is C11H19ClN2O2S. The van der Waals surface area contributed by atoms with E-state index in [1.165, 1.54) is 12.0 Å². The molecular weight excluding hydrogens is 260 g/mol. The third kappa shape index (κ3) is 6.02. The van der Waals surface area contributed by atoms with E-state index in [2.05, 4.69) is 11.4 Å². The van der Waals surface area contributed by atoms with Gasteiger partial charge in [0, 0.05) is 24.4 Å². The number of ether oxygens (including phenoxy) is 1. The summed E-state index contributed by atoms with van der Waals surface area (Å²) in [4.78, 5) is 12.8. The Kier molecular flexibility index (Phi) is 8.16. The van der Waals surface area contributed by atoms with Gasteiger partial charge in [-0.3, -0.25) is 4.79 Å². The molecule has 98 valence electrons. The molecule has 1 aromatic heterocycles. The first-order valence-corrected chi connectivity index (χ1v) is 6.08. The van der Waals surface area contributed by atoms with Crippen molar-refractivity contribution in [2.45, 2.75) is 25.4 Å². The summed E-state index contributed by atoms with van der Waals surface area (Å²) in [6.45, 7) is 2.22. The minimum absolute atomic E-state index is 0. The lowest BCUT2D eigenvalue weighted by Crippen LogP contribution is -2.47. The second kappa shape index (κ2) is 8.47. The molecule has 17 heavy (non-hydrogen) atoms. The molecule has 0 aromatic carbocycles. The predicted octanol–water partition coefficient (Wildman–Crippen LogP) is 1.19. The number of carbonyl (C=O) groups is 1. The first-order valence-electron chi connectivity index (χ1n) is 5.20. The van der Waals surface area contributed by atoms with E-state index >= 15 is 0 Å². The molecule has 0 saturated carbocycles. The average Bonchev–Trinajstić information content (AvgIpc) is 2.70. The van der Waals surface area contributed by atoms with Crippen molar-refractivity contribution in [3.63, 3.8) is 0 Å². The minimum Gasteiger partial charge on any atom is -0.383 e. The summed E-state index contributed by atoms with van der Waals surface area (Å²) >= 11 is 1.69. The number of thiophene rings is 1. The third-order valence-electron chi connectivity index (χ3n) is 2.16. The Bertz CT molecular complexity index is 319. The maximum atomic E-state index is 11.6. The topological polar surface area (TPSA) is 64.3 Å². The van der Waals surface area contributed by atoms with Gasteiger partial charge in [-0.05, 0) is 18.4 Å². The normalized spacial score (nSPS) is 13.6. The predicted molar refractivity (Wildman–Crippen MR) is 72.7 cm³/mol. The number of nitrogens with two attached hydrogens (primary N) is 1. The van der Waals surface area contributed by atoms with Crippen LogP contribution < -0.4 is 11.1 Å². The van der Waals surface area contributed by atoms with Gasteiger partial charge in [-0.1, -0.05) is 6.07 Å². The molecule has 2 atom stereocenters. The highest BCUT2D eigenvalue weighted by Crippen LogP contribution is 2.10. The van der Waals surface area contributed by atoms with Crippen molar-refractivity contribution in [1.82, 2.24) is 5.32 Å². The monoisotopic (exact) mass is 278 g/mol. The molecule has 1 amide bonds. The van der Waals surface area contributed by atoms with Crippen LogP contribution in [0.1, 0.15) is 11.8 Å². The summed E-state index contributed by atoms with van der Waals surface area (Å²) in [6.07, 6.45) is 0.836. The van der Waals surface area contributed by atoms with Crippen LogP contribution >= 0.6 is 23.7 Å². The van der Waals surface area contributed by atoms with Crippen LogP contribution in [-0.4, -0.2) is 31.7 Å². The molecule has 2 unspecified atom stereocenters. The van der Waals surface area contributed by atoms with E-state index in [4.69, 9.17) is 10.5 Å². The molecule has 1 rings (SSSR count). The van der Waals surface area contributed by atoms with Gasteiger partial charge in [0.2, 0.25) is 5.91 Å². The average molecular weight is 279 g/mol. The molecule has 0 aliphatic rings. The fourth-order valence-corrected chi connectivity index (χ4v) is 2.22. The highest BCUT2D eigenvalue weighted by Gasteiger charge is 2.15. The molecule has 1 heterocycles. The number of methoxy groups -OCH3 is 1. The van der Waals surface area contributed by atoms with Gasteiger partial charge in [0.05, 0.1) is 6.61 Å². The molecule has 0 fully saturated rings. The van der Waals surface area contributed by atoms with Gasteiger partial charge in [0.15, 0.2) is 0 Å². The van der Waals surface area contributed by atoms with E-state index in [-0.39, 0.29) is 31.0 Å². The number of amides is 1. The number of rotatable bonds is 6. The van der Waals surface area contributed by atoms with Gasteiger partial charge in [0.1, 0.15) is 6.04 Å². The number of hydrogen-bond donors (Lipinski definition) is 2. The summed E-state index contributed by atoms with van der Waals surface area (Å²) in [5.41, 5.74) is 5.61. The number of hydrogen-bond acceptors (Lipinski definition) is 4. The summed E-state index contributed by atoms with van der Waals surface area (Å²) in [7, 11) is 1.53. The van der Waals surface area contributed by atoms with Gasteiger partial charge in [-0.2, -0.15) is 0 Å². The second-order valence-corrected chi connectivity index (χ2v) is 4.79. The highest BCUT2D eigenvalue weighted by atomic mass is 35.5. The molecule has 6 heteroatoms. The second-order valence-electron chi connectivity index (χ2n) is 3.75. The van der Waals surface area contributed by atoms with E-state index < -0.39 is 6.04 Å². The molecule has 4 nitrogen and oxygen atoms in total. The van der Waals surface area contributed by atoms with Crippen LogP contribution in [0.3, 0.4) is 0 Å². The Morgan fingerprint density at radius 2 is 2.35 bits per heavy atom. The van der Waals surface area contributed by atoms with Gasteiger partial charge in [-0.25, -0.2) is 0 Å². The van der Waals surface area contributed by atoms with E-state index in [9.17, 15) is 4.79 Å². The fraction of sp³-hybridized carbons (Fsp3) is 0.545. The van der Waals surface area contributed by atoms with Crippen molar-refractivity contribution in [3.8, 4) is 0 Å². The summed E-state index contributed by atoms with van der Waals surface area (Å²) in [5, 5.41) is 4.89. The van der Waals surface area contributed by atoms with Gasteiger partial charge in [0.25, 0.3) is 0 Å². The minimum atomic E-state index is -0.587. The number of halogens is 1. The zero-order valence-corrected chi connectivity index (χ0v) is 11.6. The fourth-order valence-electron chi connectivity index (χ4n) is 1.39. The maximum Gasteiger partial charge on any atom is 0.239 e. The standard InChI is InChI=1S/C11H18N2O2S.ClH/c1-8(6-9-4-3-5-16-9)13-11(14)10(12)7-15-2;/h3-5,8,10H,6-7,12H2,1-2H3,(H,13,14);1H. The lowest BCUT2D eigenvalue weighted by Gasteiger charge is -2.16. The maximum absolute atomic E-state index is 11.6. The Hall–Kier alpha value is -0.620. The Labute approximate surface area is 112 Å². The largest absolute Gasteiger partial charge is 0.383 e. The molecule has 0 saturated heterocycles. The SMILES string of the molecule is COCC(N)C(=O)NC(C)Cc1cccs1.Cl. The van der Waals surface area contributed by atoms with Crippen molar-refractivity contribution in [2.75, 3.05) is 13.7 Å². The van der Waals surface area contributed by atoms with Crippen molar-refractivity contribution in [2.24, 2.45) is 5.73 Å². The zero-order valence-electron chi connectivity index (χ0n) is 10.0. The van der Waals surface area contributed by atoms with Crippen LogP contribution in [0.25, 0.3) is 0 Å². The van der Waals surface area contributed by atoms with Crippen LogP contribution in [0.5, 0.6) is 0 Å². The van der Waals surface area contributed by atoms with Crippen LogP contribution in [0.15, 0.2) is 17.5 Å². The number of carbonyl (C=O) groups excluding carboxylic acids is 1. The quantitative estimate of drug-likeness (QED) is 0.822. The van der Waals surface area contributed by atoms with Gasteiger partial charge >= 0.3 is 0 Å². The Balaban J connectivity index is 0.00000256. The Morgan fingerprint density at radius 3 is 2.88 bits per heavy atom. The summed E-state index contributed by atoms with van der Waals surface area (Å²) < 4.78 is 4.83. The van der Waals surface area contributed by atoms with Crippen LogP contribution in [-0.2, 0) is 16.0 Å². The van der Waals surface area contributed by atoms with Gasteiger partial charge < -0.3 is 15.8 Å². The highest BCUT2D eigenvalue weighted by molar-refractivity contribution is 7.09. The third-order valence-corrected chi connectivity index (χ3v) is 3.06. The van der Waals surface area contributed by atoms with Gasteiger partial charge in [-0.15, -0.1) is 23.7 Å². The smallest absolute Gasteiger partial charge is 0.239 e. The molecule has 0 aliphatic carbocycles. The van der Waals surface area contributed by atoms with Crippen molar-refractivity contribution >= 4 is 29.7 Å². The number of nitrogens with one attached hydrogen (secondary N) is 1. The molecule has 0 bridgehead atoms.